The minimum absolute atomic E-state index is 0.0962. The first-order chi connectivity index (χ1) is 13.6. The van der Waals surface area contributed by atoms with Crippen LogP contribution in [-0.4, -0.2) is 41.5 Å². The van der Waals surface area contributed by atoms with Gasteiger partial charge in [-0.1, -0.05) is 19.3 Å². The number of fused-ring (bicyclic) bond motifs is 1. The van der Waals surface area contributed by atoms with Gasteiger partial charge in [-0.05, 0) is 80.5 Å². The maximum atomic E-state index is 12.9. The SMILES string of the molecule is O=C(CC1CCN(C(=O)NC2CCCCC2)C1)NC12CC3CC4CC(C1)C32C4. The third kappa shape index (κ3) is 2.37. The summed E-state index contributed by atoms with van der Waals surface area (Å²) in [5.74, 6) is 3.37. The summed E-state index contributed by atoms with van der Waals surface area (Å²) < 4.78 is 0. The summed E-state index contributed by atoms with van der Waals surface area (Å²) in [6, 6.07) is 0.459. The van der Waals surface area contributed by atoms with Crippen LogP contribution < -0.4 is 10.6 Å². The lowest BCUT2D eigenvalue weighted by Gasteiger charge is -2.74. The summed E-state index contributed by atoms with van der Waals surface area (Å²) in [4.78, 5) is 27.4. The zero-order chi connectivity index (χ0) is 18.9. The lowest BCUT2D eigenvalue weighted by Crippen LogP contribution is -2.79. The zero-order valence-corrected chi connectivity index (χ0v) is 17.0. The van der Waals surface area contributed by atoms with E-state index in [2.05, 4.69) is 10.6 Å². The molecule has 0 aromatic carbocycles. The van der Waals surface area contributed by atoms with Crippen molar-refractivity contribution in [1.29, 1.82) is 0 Å². The molecule has 154 valence electrons. The number of carbonyl (C=O) groups excluding carboxylic acids is 2. The van der Waals surface area contributed by atoms with Crippen LogP contribution in [0, 0.1) is 29.1 Å². The van der Waals surface area contributed by atoms with Gasteiger partial charge in [-0.15, -0.1) is 0 Å². The van der Waals surface area contributed by atoms with Crippen LogP contribution in [0.15, 0.2) is 0 Å². The second-order valence-electron chi connectivity index (χ2n) is 11.1. The van der Waals surface area contributed by atoms with E-state index in [4.69, 9.17) is 0 Å². The van der Waals surface area contributed by atoms with E-state index in [1.54, 1.807) is 0 Å². The Kier molecular flexibility index (Phi) is 3.84. The highest BCUT2D eigenvalue weighted by molar-refractivity contribution is 5.79. The molecule has 6 aliphatic rings. The smallest absolute Gasteiger partial charge is 0.317 e. The first-order valence-corrected chi connectivity index (χ1v) is 11.9. The molecule has 0 aromatic rings. The van der Waals surface area contributed by atoms with Gasteiger partial charge in [0.2, 0.25) is 5.91 Å². The molecule has 2 bridgehead atoms. The lowest BCUT2D eigenvalue weighted by atomic mass is 9.34. The number of nitrogens with one attached hydrogen (secondary N) is 2. The fourth-order valence-corrected chi connectivity index (χ4v) is 8.68. The predicted molar refractivity (Wildman–Crippen MR) is 107 cm³/mol. The minimum atomic E-state index is 0.0962. The molecule has 28 heavy (non-hydrogen) atoms. The first-order valence-electron chi connectivity index (χ1n) is 11.9. The van der Waals surface area contributed by atoms with Gasteiger partial charge in [0.1, 0.15) is 0 Å². The molecule has 3 atom stereocenters. The summed E-state index contributed by atoms with van der Waals surface area (Å²) >= 11 is 0. The van der Waals surface area contributed by atoms with Crippen molar-refractivity contribution in [3.63, 3.8) is 0 Å². The molecule has 2 N–H and O–H groups in total. The second-order valence-corrected chi connectivity index (χ2v) is 11.1. The van der Waals surface area contributed by atoms with E-state index >= 15 is 0 Å². The van der Waals surface area contributed by atoms with E-state index in [9.17, 15) is 9.59 Å². The molecule has 5 heteroatoms. The first kappa shape index (κ1) is 17.6. The molecule has 1 saturated heterocycles. The Morgan fingerprint density at radius 3 is 2.43 bits per heavy atom. The number of amides is 3. The molecule has 0 radical (unpaired) electrons. The van der Waals surface area contributed by atoms with Gasteiger partial charge in [-0.3, -0.25) is 4.79 Å². The Morgan fingerprint density at radius 2 is 1.71 bits per heavy atom. The lowest BCUT2D eigenvalue weighted by molar-refractivity contribution is -0.215. The van der Waals surface area contributed by atoms with Crippen LogP contribution in [-0.2, 0) is 4.79 Å². The fourth-order valence-electron chi connectivity index (χ4n) is 8.68. The number of nitrogens with zero attached hydrogens (tertiary/aromatic N) is 1. The van der Waals surface area contributed by atoms with Crippen LogP contribution in [0.25, 0.3) is 0 Å². The molecular formula is C23H35N3O2. The van der Waals surface area contributed by atoms with Crippen molar-refractivity contribution < 1.29 is 9.59 Å². The number of urea groups is 1. The molecule has 1 aliphatic heterocycles. The second kappa shape index (κ2) is 6.12. The number of likely N-dealkylation sites (tertiary alicyclic amines) is 1. The highest BCUT2D eigenvalue weighted by Crippen LogP contribution is 2.82. The molecule has 3 amide bonds. The largest absolute Gasteiger partial charge is 0.350 e. The van der Waals surface area contributed by atoms with E-state index in [-0.39, 0.29) is 17.5 Å². The van der Waals surface area contributed by atoms with Crippen molar-refractivity contribution in [3.8, 4) is 0 Å². The monoisotopic (exact) mass is 385 g/mol. The maximum Gasteiger partial charge on any atom is 0.317 e. The standard InChI is InChI=1S/C23H35N3O2/c27-20(25-22-12-17-8-16-9-18(13-22)23(17,22)11-16)10-15-6-7-26(14-15)21(28)24-19-4-2-1-3-5-19/h15-19H,1-14H2,(H,24,28)(H,25,27). The zero-order valence-electron chi connectivity index (χ0n) is 17.0. The third-order valence-corrected chi connectivity index (χ3v) is 9.76. The van der Waals surface area contributed by atoms with Gasteiger partial charge >= 0.3 is 6.03 Å². The summed E-state index contributed by atoms with van der Waals surface area (Å²) in [5, 5.41) is 6.75. The Bertz CT molecular complexity index is 669. The number of hydrogen-bond donors (Lipinski definition) is 2. The van der Waals surface area contributed by atoms with Crippen LogP contribution in [0.3, 0.4) is 0 Å². The summed E-state index contributed by atoms with van der Waals surface area (Å²) in [7, 11) is 0. The quantitative estimate of drug-likeness (QED) is 0.779. The highest BCUT2D eigenvalue weighted by atomic mass is 16.2. The molecule has 5 saturated carbocycles. The highest BCUT2D eigenvalue weighted by Gasteiger charge is 2.81. The average molecular weight is 386 g/mol. The van der Waals surface area contributed by atoms with Crippen LogP contribution in [0.2, 0.25) is 0 Å². The third-order valence-electron chi connectivity index (χ3n) is 9.76. The molecule has 1 heterocycles. The van der Waals surface area contributed by atoms with Crippen LogP contribution in [0.1, 0.15) is 77.0 Å². The van der Waals surface area contributed by atoms with E-state index in [0.29, 0.717) is 23.8 Å². The summed E-state index contributed by atoms with van der Waals surface area (Å²) in [6.45, 7) is 1.55. The fraction of sp³-hybridized carbons (Fsp3) is 0.913. The van der Waals surface area contributed by atoms with Crippen molar-refractivity contribution in [1.82, 2.24) is 15.5 Å². The van der Waals surface area contributed by atoms with Crippen LogP contribution in [0.5, 0.6) is 0 Å². The summed E-state index contributed by atoms with van der Waals surface area (Å²) in [5.41, 5.74) is 0.677. The van der Waals surface area contributed by atoms with Gasteiger partial charge in [0.15, 0.2) is 0 Å². The molecule has 5 nitrogen and oxygen atoms in total. The van der Waals surface area contributed by atoms with Gasteiger partial charge in [0.25, 0.3) is 0 Å². The molecule has 1 spiro atoms. The van der Waals surface area contributed by atoms with Crippen LogP contribution >= 0.6 is 0 Å². The molecule has 3 unspecified atom stereocenters. The van der Waals surface area contributed by atoms with E-state index in [0.717, 1.165) is 50.1 Å². The van der Waals surface area contributed by atoms with Gasteiger partial charge in [-0.2, -0.15) is 0 Å². The maximum absolute atomic E-state index is 12.9. The Labute approximate surface area is 168 Å². The normalized spacial score (nSPS) is 45.9. The topological polar surface area (TPSA) is 61.4 Å². The molecule has 0 aromatic heterocycles. The number of rotatable bonds is 4. The van der Waals surface area contributed by atoms with Crippen molar-refractivity contribution >= 4 is 11.9 Å². The molecule has 5 aliphatic carbocycles. The number of hydrogen-bond acceptors (Lipinski definition) is 2. The summed E-state index contributed by atoms with van der Waals surface area (Å²) in [6.07, 6.45) is 14.3. The Balaban J connectivity index is 0.997. The predicted octanol–water partition coefficient (Wildman–Crippen LogP) is 3.44. The van der Waals surface area contributed by atoms with Crippen LogP contribution in [0.4, 0.5) is 4.79 Å². The Hall–Kier alpha value is -1.26. The molecular weight excluding hydrogens is 350 g/mol. The average Bonchev–Trinajstić information content (AvgIpc) is 3.34. The Morgan fingerprint density at radius 1 is 0.964 bits per heavy atom. The van der Waals surface area contributed by atoms with Gasteiger partial charge in [0, 0.05) is 31.1 Å². The molecule has 6 rings (SSSR count). The number of carbonyl (C=O) groups is 2. The van der Waals surface area contributed by atoms with Gasteiger partial charge < -0.3 is 15.5 Å². The minimum Gasteiger partial charge on any atom is -0.350 e. The van der Waals surface area contributed by atoms with Gasteiger partial charge in [-0.25, -0.2) is 4.79 Å². The van der Waals surface area contributed by atoms with E-state index in [1.807, 2.05) is 4.90 Å². The molecule has 6 fully saturated rings. The van der Waals surface area contributed by atoms with Crippen molar-refractivity contribution in [2.75, 3.05) is 13.1 Å². The van der Waals surface area contributed by atoms with Crippen molar-refractivity contribution in [3.05, 3.63) is 0 Å². The van der Waals surface area contributed by atoms with Gasteiger partial charge in [0.05, 0.1) is 0 Å². The van der Waals surface area contributed by atoms with E-state index in [1.165, 1.54) is 51.4 Å². The van der Waals surface area contributed by atoms with Crippen molar-refractivity contribution in [2.24, 2.45) is 29.1 Å². The van der Waals surface area contributed by atoms with E-state index < -0.39 is 0 Å². The van der Waals surface area contributed by atoms with Crippen molar-refractivity contribution in [2.45, 2.75) is 88.6 Å².